The van der Waals surface area contributed by atoms with Crippen molar-refractivity contribution in [1.29, 1.82) is 0 Å². The predicted molar refractivity (Wildman–Crippen MR) is 177 cm³/mol. The maximum absolute atomic E-state index is 13.6. The number of amides is 3. The van der Waals surface area contributed by atoms with Gasteiger partial charge in [0.1, 0.15) is 23.7 Å². The van der Waals surface area contributed by atoms with Crippen molar-refractivity contribution < 1.29 is 47.8 Å². The lowest BCUT2D eigenvalue weighted by Crippen LogP contribution is -2.50. The van der Waals surface area contributed by atoms with Crippen molar-refractivity contribution in [2.45, 2.75) is 31.3 Å². The summed E-state index contributed by atoms with van der Waals surface area (Å²) in [4.78, 5) is 53.2. The topological polar surface area (TPSA) is 278 Å². The molecule has 0 saturated carbocycles. The quantitative estimate of drug-likeness (QED) is 0.0544. The monoisotopic (exact) mass is 684 g/mol. The normalized spacial score (nSPS) is 11.8. The number of nitrogens with two attached hydrogens (primary N) is 3. The number of rotatable bonds is 18. The molecule has 1 heterocycles. The number of aliphatic carboxylic acids is 1. The number of carboxylic acid groups (broad SMARTS) is 1. The minimum atomic E-state index is -1.36. The first-order valence-electron chi connectivity index (χ1n) is 14.8. The lowest BCUT2D eigenvalue weighted by atomic mass is 10.00. The summed E-state index contributed by atoms with van der Waals surface area (Å²) in [5.41, 5.74) is 18.8. The Morgan fingerprint density at radius 3 is 2.20 bits per heavy atom. The van der Waals surface area contributed by atoms with Crippen LogP contribution in [-0.4, -0.2) is 93.5 Å². The number of carboxylic acids is 1. The molecular weight excluding hydrogens is 644 g/mol. The molecule has 0 saturated heterocycles. The molecule has 264 valence electrons. The van der Waals surface area contributed by atoms with Gasteiger partial charge in [-0.2, -0.15) is 0 Å². The molecule has 3 rings (SSSR count). The van der Waals surface area contributed by atoms with Crippen molar-refractivity contribution in [3.63, 3.8) is 0 Å². The van der Waals surface area contributed by atoms with Crippen LogP contribution >= 0.6 is 0 Å². The molecule has 2 aromatic carbocycles. The van der Waals surface area contributed by atoms with E-state index in [0.717, 1.165) is 0 Å². The number of aromatic nitrogens is 1. The molecular formula is C31H40N8O10. The number of nitrogens with one attached hydrogen (secondary N) is 3. The number of carbonyl (C=O) groups excluding carboxylic acids is 3. The van der Waals surface area contributed by atoms with Crippen molar-refractivity contribution in [3.8, 4) is 45.4 Å². The van der Waals surface area contributed by atoms with E-state index in [0.29, 0.717) is 51.8 Å². The van der Waals surface area contributed by atoms with E-state index in [4.69, 9.17) is 45.8 Å². The summed E-state index contributed by atoms with van der Waals surface area (Å²) in [6, 6.07) is 5.99. The molecule has 0 spiro atoms. The largest absolute Gasteiger partial charge is 0.495 e. The number of ether oxygens (including phenoxy) is 4. The summed E-state index contributed by atoms with van der Waals surface area (Å²) >= 11 is 0. The average Bonchev–Trinajstić information content (AvgIpc) is 3.57. The fraction of sp³-hybridized carbons (Fsp3) is 0.355. The highest BCUT2D eigenvalue weighted by atomic mass is 16.5. The van der Waals surface area contributed by atoms with Gasteiger partial charge >= 0.3 is 5.97 Å². The number of hydrogen-bond donors (Lipinski definition) is 7. The highest BCUT2D eigenvalue weighted by Crippen LogP contribution is 2.43. The van der Waals surface area contributed by atoms with Gasteiger partial charge in [-0.3, -0.25) is 24.2 Å². The molecule has 0 fully saturated rings. The number of guanidine groups is 1. The van der Waals surface area contributed by atoms with Crippen LogP contribution in [0.4, 0.5) is 5.69 Å². The van der Waals surface area contributed by atoms with Crippen molar-refractivity contribution in [2.24, 2.45) is 22.2 Å². The second-order valence-corrected chi connectivity index (χ2v) is 10.4. The van der Waals surface area contributed by atoms with Gasteiger partial charge in [0.15, 0.2) is 17.5 Å². The van der Waals surface area contributed by atoms with E-state index in [2.05, 4.69) is 26.1 Å². The third kappa shape index (κ3) is 10.2. The molecule has 49 heavy (non-hydrogen) atoms. The van der Waals surface area contributed by atoms with Crippen molar-refractivity contribution >= 4 is 35.3 Å². The molecule has 2 atom stereocenters. The fourth-order valence-electron chi connectivity index (χ4n) is 4.66. The van der Waals surface area contributed by atoms with Crippen LogP contribution in [0.15, 0.2) is 46.1 Å². The minimum Gasteiger partial charge on any atom is -0.495 e. The molecule has 18 nitrogen and oxygen atoms in total. The third-order valence-corrected chi connectivity index (χ3v) is 7.03. The number of hydrogen-bond acceptors (Lipinski definition) is 12. The van der Waals surface area contributed by atoms with E-state index in [1.54, 1.807) is 30.3 Å². The fourth-order valence-corrected chi connectivity index (χ4v) is 4.66. The molecule has 0 aliphatic rings. The van der Waals surface area contributed by atoms with Crippen LogP contribution in [-0.2, 0) is 19.2 Å². The molecule has 0 aliphatic carbocycles. The molecule has 18 heteroatoms. The Hall–Kier alpha value is -6.04. The van der Waals surface area contributed by atoms with Gasteiger partial charge in [-0.05, 0) is 42.7 Å². The summed E-state index contributed by atoms with van der Waals surface area (Å²) in [5.74, 6) is -2.06. The maximum atomic E-state index is 13.6. The van der Waals surface area contributed by atoms with Crippen LogP contribution in [0.2, 0.25) is 0 Å². The predicted octanol–water partition coefficient (Wildman–Crippen LogP) is 0.438. The Labute approximate surface area is 281 Å². The molecule has 3 amide bonds. The first-order chi connectivity index (χ1) is 23.4. The molecule has 3 aromatic rings. The standard InChI is InChI=1S/C31H40N8O10/c1-45-22-8-7-16(18-15-49-39-27(18)17-11-23(46-2)28(48-4)24(12-17)47-3)10-21(22)38-30(44)20(6-5-9-35-31(33)34)37-25(40)14-36-29(43)19(32)13-26(41)42/h7-8,10-12,15,19-20H,5-6,9,13-14,32H2,1-4H3,(H,36,43)(H,37,40)(H,38,44)(H,41,42)(H4,33,34,35). The third-order valence-electron chi connectivity index (χ3n) is 7.03. The molecule has 0 bridgehead atoms. The van der Waals surface area contributed by atoms with E-state index < -0.39 is 48.7 Å². The van der Waals surface area contributed by atoms with Crippen LogP contribution in [0.25, 0.3) is 22.4 Å². The Bertz CT molecular complexity index is 1650. The number of carbonyl (C=O) groups is 4. The first-order valence-corrected chi connectivity index (χ1v) is 14.8. The summed E-state index contributed by atoms with van der Waals surface area (Å²) < 4.78 is 27.2. The second kappa shape index (κ2) is 17.8. The smallest absolute Gasteiger partial charge is 0.305 e. The molecule has 1 aromatic heterocycles. The number of methoxy groups -OCH3 is 4. The lowest BCUT2D eigenvalue weighted by molar-refractivity contribution is -0.139. The van der Waals surface area contributed by atoms with Gasteiger partial charge in [0.05, 0.1) is 53.1 Å². The van der Waals surface area contributed by atoms with Crippen LogP contribution in [0.5, 0.6) is 23.0 Å². The zero-order chi connectivity index (χ0) is 36.1. The summed E-state index contributed by atoms with van der Waals surface area (Å²) in [5, 5.41) is 20.6. The zero-order valence-electron chi connectivity index (χ0n) is 27.4. The summed E-state index contributed by atoms with van der Waals surface area (Å²) in [6.07, 6.45) is 1.24. The number of anilines is 1. The van der Waals surface area contributed by atoms with Gasteiger partial charge in [0.2, 0.25) is 23.5 Å². The second-order valence-electron chi connectivity index (χ2n) is 10.4. The van der Waals surface area contributed by atoms with Gasteiger partial charge < -0.3 is 61.7 Å². The summed E-state index contributed by atoms with van der Waals surface area (Å²) in [7, 11) is 5.91. The van der Waals surface area contributed by atoms with Crippen LogP contribution < -0.4 is 52.1 Å². The number of nitrogens with zero attached hydrogens (tertiary/aromatic N) is 2. The molecule has 0 radical (unpaired) electrons. The Morgan fingerprint density at radius 2 is 1.61 bits per heavy atom. The number of aliphatic imine (C=N–C) groups is 1. The van der Waals surface area contributed by atoms with Gasteiger partial charge in [0.25, 0.3) is 0 Å². The van der Waals surface area contributed by atoms with E-state index >= 15 is 0 Å². The first kappa shape index (κ1) is 37.4. The van der Waals surface area contributed by atoms with Gasteiger partial charge in [-0.15, -0.1) is 0 Å². The van der Waals surface area contributed by atoms with Gasteiger partial charge in [-0.1, -0.05) is 11.2 Å². The highest BCUT2D eigenvalue weighted by molar-refractivity contribution is 5.99. The molecule has 2 unspecified atom stereocenters. The Balaban J connectivity index is 1.88. The zero-order valence-corrected chi connectivity index (χ0v) is 27.4. The Morgan fingerprint density at radius 1 is 0.939 bits per heavy atom. The maximum Gasteiger partial charge on any atom is 0.305 e. The average molecular weight is 685 g/mol. The Kier molecular flexibility index (Phi) is 13.6. The summed E-state index contributed by atoms with van der Waals surface area (Å²) in [6.45, 7) is -0.376. The lowest BCUT2D eigenvalue weighted by Gasteiger charge is -2.20. The van der Waals surface area contributed by atoms with Crippen LogP contribution in [0.1, 0.15) is 19.3 Å². The van der Waals surface area contributed by atoms with E-state index in [-0.39, 0.29) is 24.6 Å². The van der Waals surface area contributed by atoms with Gasteiger partial charge in [0, 0.05) is 17.7 Å². The van der Waals surface area contributed by atoms with Crippen LogP contribution in [0, 0.1) is 0 Å². The minimum absolute atomic E-state index is 0.111. The van der Waals surface area contributed by atoms with Gasteiger partial charge in [-0.25, -0.2) is 0 Å². The number of benzene rings is 2. The van der Waals surface area contributed by atoms with E-state index in [1.807, 2.05) is 0 Å². The molecule has 10 N–H and O–H groups in total. The van der Waals surface area contributed by atoms with E-state index in [1.165, 1.54) is 34.7 Å². The van der Waals surface area contributed by atoms with Crippen molar-refractivity contribution in [3.05, 3.63) is 36.6 Å². The van der Waals surface area contributed by atoms with Crippen molar-refractivity contribution in [2.75, 3.05) is 46.8 Å². The van der Waals surface area contributed by atoms with Crippen molar-refractivity contribution in [1.82, 2.24) is 15.8 Å². The molecule has 0 aliphatic heterocycles. The van der Waals surface area contributed by atoms with Crippen LogP contribution in [0.3, 0.4) is 0 Å². The SMILES string of the molecule is COc1ccc(-c2conc2-c2cc(OC)c(OC)c(OC)c2)cc1NC(=O)C(CCCN=C(N)N)NC(=O)CNC(=O)C(N)CC(=O)O. The van der Waals surface area contributed by atoms with E-state index in [9.17, 15) is 19.2 Å². The highest BCUT2D eigenvalue weighted by Gasteiger charge is 2.25.